The summed E-state index contributed by atoms with van der Waals surface area (Å²) in [5.41, 5.74) is -0.108. The Balaban J connectivity index is 2.68. The van der Waals surface area contributed by atoms with Gasteiger partial charge >= 0.3 is 0 Å². The lowest BCUT2D eigenvalue weighted by molar-refractivity contribution is -0.142. The lowest BCUT2D eigenvalue weighted by Gasteiger charge is -2.35. The van der Waals surface area contributed by atoms with Crippen molar-refractivity contribution >= 4 is 28.5 Å². The summed E-state index contributed by atoms with van der Waals surface area (Å²) in [4.78, 5) is 13.5. The van der Waals surface area contributed by atoms with E-state index < -0.39 is 0 Å². The zero-order chi connectivity index (χ0) is 8.48. The van der Waals surface area contributed by atoms with Crippen LogP contribution in [0, 0.1) is 5.41 Å². The smallest absolute Gasteiger partial charge is 0.228 e. The molecule has 0 aliphatic carbocycles. The molecule has 0 unspecified atom stereocenters. The molecule has 1 fully saturated rings. The molecule has 0 aromatic heterocycles. The standard InChI is InChI=1S/C8H14INO/c1-8(2)4-3-5-10(6-9)7(8)11/h3-6H2,1-2H3. The van der Waals surface area contributed by atoms with Crippen molar-refractivity contribution in [3.63, 3.8) is 0 Å². The number of likely N-dealkylation sites (tertiary alicyclic amines) is 1. The van der Waals surface area contributed by atoms with E-state index in [1.54, 1.807) is 0 Å². The average Bonchev–Trinajstić information content (AvgIpc) is 1.95. The summed E-state index contributed by atoms with van der Waals surface area (Å²) in [5.74, 6) is 0.318. The van der Waals surface area contributed by atoms with Crippen LogP contribution in [0.15, 0.2) is 0 Å². The second-order valence-corrected chi connectivity index (χ2v) is 4.36. The Bertz CT molecular complexity index is 167. The topological polar surface area (TPSA) is 20.3 Å². The van der Waals surface area contributed by atoms with Crippen LogP contribution in [0.4, 0.5) is 0 Å². The van der Waals surface area contributed by atoms with Crippen molar-refractivity contribution in [1.82, 2.24) is 4.90 Å². The quantitative estimate of drug-likeness (QED) is 0.404. The number of amides is 1. The molecule has 0 spiro atoms. The van der Waals surface area contributed by atoms with Gasteiger partial charge in [0.2, 0.25) is 5.91 Å². The largest absolute Gasteiger partial charge is 0.333 e. The van der Waals surface area contributed by atoms with Gasteiger partial charge in [0.05, 0.1) is 4.55 Å². The summed E-state index contributed by atoms with van der Waals surface area (Å²) >= 11 is 2.24. The fraction of sp³-hybridized carbons (Fsp3) is 0.875. The highest BCUT2D eigenvalue weighted by molar-refractivity contribution is 14.1. The molecule has 2 nitrogen and oxygen atoms in total. The summed E-state index contributed by atoms with van der Waals surface area (Å²) in [6, 6.07) is 0. The number of nitrogens with zero attached hydrogens (tertiary/aromatic N) is 1. The van der Waals surface area contributed by atoms with E-state index in [9.17, 15) is 4.79 Å². The maximum atomic E-state index is 11.6. The number of hydrogen-bond donors (Lipinski definition) is 0. The summed E-state index contributed by atoms with van der Waals surface area (Å²) in [7, 11) is 0. The monoisotopic (exact) mass is 267 g/mol. The number of carbonyl (C=O) groups excluding carboxylic acids is 1. The number of halogens is 1. The van der Waals surface area contributed by atoms with Gasteiger partial charge in [-0.25, -0.2) is 0 Å². The van der Waals surface area contributed by atoms with E-state index in [2.05, 4.69) is 22.6 Å². The van der Waals surface area contributed by atoms with Crippen LogP contribution in [0.5, 0.6) is 0 Å². The van der Waals surface area contributed by atoms with Crippen LogP contribution in [-0.4, -0.2) is 21.9 Å². The second-order valence-electron chi connectivity index (χ2n) is 3.68. The molecule has 0 N–H and O–H groups in total. The van der Waals surface area contributed by atoms with E-state index >= 15 is 0 Å². The van der Waals surface area contributed by atoms with Gasteiger partial charge in [-0.1, -0.05) is 36.4 Å². The maximum Gasteiger partial charge on any atom is 0.228 e. The third-order valence-corrected chi connectivity index (χ3v) is 3.06. The van der Waals surface area contributed by atoms with Crippen molar-refractivity contribution in [3.8, 4) is 0 Å². The second kappa shape index (κ2) is 3.29. The van der Waals surface area contributed by atoms with Gasteiger partial charge in [-0.15, -0.1) is 0 Å². The Morgan fingerprint density at radius 1 is 1.64 bits per heavy atom. The van der Waals surface area contributed by atoms with Crippen LogP contribution in [0.2, 0.25) is 0 Å². The Morgan fingerprint density at radius 2 is 2.27 bits per heavy atom. The van der Waals surface area contributed by atoms with Crippen LogP contribution in [-0.2, 0) is 4.79 Å². The maximum absolute atomic E-state index is 11.6. The first-order valence-electron chi connectivity index (χ1n) is 3.93. The Hall–Kier alpha value is 0.200. The van der Waals surface area contributed by atoms with Crippen molar-refractivity contribution in [2.75, 3.05) is 11.1 Å². The van der Waals surface area contributed by atoms with Gasteiger partial charge in [-0.2, -0.15) is 0 Å². The molecule has 0 saturated carbocycles. The molecule has 1 amide bonds. The van der Waals surface area contributed by atoms with Crippen LogP contribution < -0.4 is 0 Å². The fourth-order valence-electron chi connectivity index (χ4n) is 1.46. The lowest BCUT2D eigenvalue weighted by Crippen LogP contribution is -2.44. The predicted molar refractivity (Wildman–Crippen MR) is 53.6 cm³/mol. The first-order valence-corrected chi connectivity index (χ1v) is 5.46. The number of rotatable bonds is 1. The summed E-state index contributed by atoms with van der Waals surface area (Å²) in [5, 5.41) is 0. The summed E-state index contributed by atoms with van der Waals surface area (Å²) < 4.78 is 0.833. The van der Waals surface area contributed by atoms with Crippen LogP contribution in [0.3, 0.4) is 0 Å². The minimum Gasteiger partial charge on any atom is -0.333 e. The van der Waals surface area contributed by atoms with Gasteiger partial charge in [-0.05, 0) is 12.8 Å². The van der Waals surface area contributed by atoms with E-state index in [0.29, 0.717) is 5.91 Å². The first kappa shape index (κ1) is 9.29. The van der Waals surface area contributed by atoms with Crippen LogP contribution in [0.25, 0.3) is 0 Å². The van der Waals surface area contributed by atoms with E-state index in [1.807, 2.05) is 18.7 Å². The molecule has 1 aliphatic rings. The molecular weight excluding hydrogens is 253 g/mol. The van der Waals surface area contributed by atoms with Gasteiger partial charge in [0.15, 0.2) is 0 Å². The van der Waals surface area contributed by atoms with Gasteiger partial charge in [-0.3, -0.25) is 4.79 Å². The zero-order valence-electron chi connectivity index (χ0n) is 7.06. The van der Waals surface area contributed by atoms with Crippen LogP contribution in [0.1, 0.15) is 26.7 Å². The van der Waals surface area contributed by atoms with E-state index in [0.717, 1.165) is 23.9 Å². The molecule has 0 aromatic rings. The highest BCUT2D eigenvalue weighted by atomic mass is 127. The van der Waals surface area contributed by atoms with Gasteiger partial charge in [0.1, 0.15) is 0 Å². The molecular formula is C8H14INO. The van der Waals surface area contributed by atoms with Gasteiger partial charge in [0, 0.05) is 12.0 Å². The number of piperidine rings is 1. The fourth-order valence-corrected chi connectivity index (χ4v) is 2.11. The van der Waals surface area contributed by atoms with E-state index in [1.165, 1.54) is 0 Å². The predicted octanol–water partition coefficient (Wildman–Crippen LogP) is 2.03. The molecule has 11 heavy (non-hydrogen) atoms. The molecule has 0 bridgehead atoms. The minimum absolute atomic E-state index is 0.108. The molecule has 64 valence electrons. The third-order valence-electron chi connectivity index (χ3n) is 2.24. The average molecular weight is 267 g/mol. The summed E-state index contributed by atoms with van der Waals surface area (Å²) in [6.07, 6.45) is 2.20. The molecule has 0 atom stereocenters. The number of carbonyl (C=O) groups is 1. The number of hydrogen-bond acceptors (Lipinski definition) is 1. The molecule has 1 heterocycles. The Morgan fingerprint density at radius 3 is 2.73 bits per heavy atom. The Labute approximate surface area is 81.5 Å². The molecule has 0 aromatic carbocycles. The van der Waals surface area contributed by atoms with Crippen molar-refractivity contribution in [2.24, 2.45) is 5.41 Å². The van der Waals surface area contributed by atoms with Gasteiger partial charge in [0.25, 0.3) is 0 Å². The molecule has 0 radical (unpaired) electrons. The van der Waals surface area contributed by atoms with Crippen molar-refractivity contribution in [1.29, 1.82) is 0 Å². The van der Waals surface area contributed by atoms with Gasteiger partial charge < -0.3 is 4.90 Å². The van der Waals surface area contributed by atoms with Crippen molar-refractivity contribution < 1.29 is 4.79 Å². The lowest BCUT2D eigenvalue weighted by atomic mass is 9.83. The molecule has 3 heteroatoms. The Kier molecular flexibility index (Phi) is 2.78. The van der Waals surface area contributed by atoms with Crippen molar-refractivity contribution in [3.05, 3.63) is 0 Å². The molecule has 1 saturated heterocycles. The SMILES string of the molecule is CC1(C)CCCN(CI)C1=O. The van der Waals surface area contributed by atoms with E-state index in [4.69, 9.17) is 0 Å². The molecule has 1 rings (SSSR count). The normalized spacial score (nSPS) is 23.9. The highest BCUT2D eigenvalue weighted by Crippen LogP contribution is 2.29. The minimum atomic E-state index is -0.108. The molecule has 1 aliphatic heterocycles. The third kappa shape index (κ3) is 1.86. The first-order chi connectivity index (χ1) is 5.08. The zero-order valence-corrected chi connectivity index (χ0v) is 9.22. The number of alkyl halides is 1. The van der Waals surface area contributed by atoms with Crippen molar-refractivity contribution in [2.45, 2.75) is 26.7 Å². The van der Waals surface area contributed by atoms with Crippen LogP contribution >= 0.6 is 22.6 Å². The highest BCUT2D eigenvalue weighted by Gasteiger charge is 2.34. The van der Waals surface area contributed by atoms with E-state index in [-0.39, 0.29) is 5.41 Å². The summed E-state index contributed by atoms with van der Waals surface area (Å²) in [6.45, 7) is 5.02.